The highest BCUT2D eigenvalue weighted by atomic mass is 16.4. The maximum absolute atomic E-state index is 10.1. The lowest BCUT2D eigenvalue weighted by Gasteiger charge is -2.27. The van der Waals surface area contributed by atoms with Gasteiger partial charge in [-0.1, -0.05) is 0 Å². The molecular formula is C10H20N2O3. The molecule has 3 N–H and O–H groups in total. The van der Waals surface area contributed by atoms with E-state index in [0.29, 0.717) is 12.0 Å². The van der Waals surface area contributed by atoms with Crippen LogP contribution in [-0.4, -0.2) is 36.6 Å². The fourth-order valence-corrected chi connectivity index (χ4v) is 1.59. The van der Waals surface area contributed by atoms with Crippen molar-refractivity contribution in [1.82, 2.24) is 10.6 Å². The summed E-state index contributed by atoms with van der Waals surface area (Å²) >= 11 is 0. The second-order valence-electron chi connectivity index (χ2n) is 3.68. The molecule has 1 amide bonds. The normalized spacial score (nSPS) is 18.3. The number of carbonyl (C=O) groups is 2. The molecule has 0 radical (unpaired) electrons. The summed E-state index contributed by atoms with van der Waals surface area (Å²) in [6, 6.07) is 0.342. The maximum atomic E-state index is 10.1. The van der Waals surface area contributed by atoms with Gasteiger partial charge in [-0.25, -0.2) is 0 Å². The van der Waals surface area contributed by atoms with Crippen molar-refractivity contribution in [1.29, 1.82) is 0 Å². The van der Waals surface area contributed by atoms with Gasteiger partial charge in [0, 0.05) is 13.0 Å². The zero-order valence-electron chi connectivity index (χ0n) is 9.32. The minimum atomic E-state index is -0.833. The molecule has 1 rings (SSSR count). The first-order valence-corrected chi connectivity index (χ1v) is 5.18. The minimum Gasteiger partial charge on any atom is -0.481 e. The number of carbonyl (C=O) groups excluding carboxylic acids is 1. The highest BCUT2D eigenvalue weighted by Gasteiger charge is 2.18. The predicted molar refractivity (Wildman–Crippen MR) is 57.6 cm³/mol. The van der Waals surface area contributed by atoms with Gasteiger partial charge in [0.05, 0.1) is 0 Å². The second-order valence-corrected chi connectivity index (χ2v) is 3.68. The van der Waals surface area contributed by atoms with Gasteiger partial charge in [-0.15, -0.1) is 0 Å². The highest BCUT2D eigenvalue weighted by Crippen LogP contribution is 2.15. The Morgan fingerprint density at radius 2 is 2.00 bits per heavy atom. The monoisotopic (exact) mass is 216 g/mol. The Hall–Kier alpha value is -1.10. The molecular weight excluding hydrogens is 196 g/mol. The first-order chi connectivity index (χ1) is 7.07. The molecule has 1 saturated heterocycles. The van der Waals surface area contributed by atoms with E-state index in [1.165, 1.54) is 12.8 Å². The van der Waals surface area contributed by atoms with Crippen molar-refractivity contribution < 1.29 is 14.7 Å². The third-order valence-electron chi connectivity index (χ3n) is 2.42. The smallest absolute Gasteiger partial charge is 0.300 e. The molecule has 0 aromatic rings. The lowest BCUT2D eigenvalue weighted by Crippen LogP contribution is -2.39. The first-order valence-electron chi connectivity index (χ1n) is 5.18. The van der Waals surface area contributed by atoms with Crippen molar-refractivity contribution in [3.63, 3.8) is 0 Å². The quantitative estimate of drug-likeness (QED) is 0.589. The van der Waals surface area contributed by atoms with E-state index >= 15 is 0 Å². The summed E-state index contributed by atoms with van der Waals surface area (Å²) < 4.78 is 0. The molecule has 0 aliphatic carbocycles. The summed E-state index contributed by atoms with van der Waals surface area (Å²) in [7, 11) is 0. The van der Waals surface area contributed by atoms with Crippen LogP contribution in [0.25, 0.3) is 0 Å². The summed E-state index contributed by atoms with van der Waals surface area (Å²) in [6.07, 6.45) is 3.16. The topological polar surface area (TPSA) is 78.4 Å². The van der Waals surface area contributed by atoms with Crippen LogP contribution >= 0.6 is 0 Å². The van der Waals surface area contributed by atoms with Crippen LogP contribution in [0.2, 0.25) is 0 Å². The van der Waals surface area contributed by atoms with E-state index in [0.717, 1.165) is 26.4 Å². The van der Waals surface area contributed by atoms with E-state index in [2.05, 4.69) is 17.6 Å². The van der Waals surface area contributed by atoms with Crippen LogP contribution in [0.3, 0.4) is 0 Å². The fourth-order valence-electron chi connectivity index (χ4n) is 1.59. The number of piperidine rings is 1. The molecule has 0 spiro atoms. The second kappa shape index (κ2) is 8.23. The van der Waals surface area contributed by atoms with Gasteiger partial charge in [-0.2, -0.15) is 0 Å². The number of carboxylic acid groups (broad SMARTS) is 1. The lowest BCUT2D eigenvalue weighted by molar-refractivity contribution is -0.134. The predicted octanol–water partition coefficient (Wildman–Crippen LogP) is 0.211. The van der Waals surface area contributed by atoms with E-state index < -0.39 is 5.97 Å². The van der Waals surface area contributed by atoms with Gasteiger partial charge in [-0.05, 0) is 38.8 Å². The molecule has 1 fully saturated rings. The van der Waals surface area contributed by atoms with Gasteiger partial charge in [0.1, 0.15) is 0 Å². The van der Waals surface area contributed by atoms with Crippen molar-refractivity contribution in [2.24, 2.45) is 5.92 Å². The van der Waals surface area contributed by atoms with Crippen molar-refractivity contribution in [2.75, 3.05) is 13.1 Å². The zero-order valence-corrected chi connectivity index (χ0v) is 9.32. The Labute approximate surface area is 90.2 Å². The Balaban J connectivity index is 0.000000423. The zero-order chi connectivity index (χ0) is 11.7. The third-order valence-corrected chi connectivity index (χ3v) is 2.42. The number of carboxylic acids is 1. The van der Waals surface area contributed by atoms with E-state index in [-0.39, 0.29) is 0 Å². The van der Waals surface area contributed by atoms with Gasteiger partial charge in [-0.3, -0.25) is 9.59 Å². The molecule has 1 atom stereocenters. The van der Waals surface area contributed by atoms with E-state index in [1.54, 1.807) is 0 Å². The number of hydrogen-bond donors (Lipinski definition) is 3. The molecule has 5 nitrogen and oxygen atoms in total. The van der Waals surface area contributed by atoms with Gasteiger partial charge in [0.2, 0.25) is 6.41 Å². The van der Waals surface area contributed by atoms with E-state index in [4.69, 9.17) is 9.90 Å². The molecule has 5 heteroatoms. The van der Waals surface area contributed by atoms with Crippen LogP contribution in [0.1, 0.15) is 26.7 Å². The molecule has 1 aliphatic rings. The first kappa shape index (κ1) is 13.9. The van der Waals surface area contributed by atoms with Crippen LogP contribution in [0.15, 0.2) is 0 Å². The molecule has 15 heavy (non-hydrogen) atoms. The Bertz CT molecular complexity index is 187. The summed E-state index contributed by atoms with van der Waals surface area (Å²) in [5, 5.41) is 13.5. The Morgan fingerprint density at radius 1 is 1.53 bits per heavy atom. The highest BCUT2D eigenvalue weighted by molar-refractivity contribution is 5.62. The van der Waals surface area contributed by atoms with Gasteiger partial charge < -0.3 is 15.7 Å². The number of amides is 1. The van der Waals surface area contributed by atoms with Gasteiger partial charge >= 0.3 is 0 Å². The summed E-state index contributed by atoms with van der Waals surface area (Å²) in [5.74, 6) is -0.165. The summed E-state index contributed by atoms with van der Waals surface area (Å²) in [6.45, 7) is 5.34. The minimum absolute atomic E-state index is 0.342. The maximum Gasteiger partial charge on any atom is 0.300 e. The molecule has 0 saturated carbocycles. The molecule has 1 heterocycles. The SMILES string of the molecule is CC(=O)O.CC(NC=O)C1CCNCC1. The average Bonchev–Trinajstić information content (AvgIpc) is 2.19. The Morgan fingerprint density at radius 3 is 2.40 bits per heavy atom. The van der Waals surface area contributed by atoms with Crippen LogP contribution in [0.5, 0.6) is 0 Å². The van der Waals surface area contributed by atoms with E-state index in [9.17, 15) is 4.79 Å². The number of hydrogen-bond acceptors (Lipinski definition) is 3. The van der Waals surface area contributed by atoms with Crippen LogP contribution < -0.4 is 10.6 Å². The third kappa shape index (κ3) is 7.93. The van der Waals surface area contributed by atoms with Crippen molar-refractivity contribution in [3.05, 3.63) is 0 Å². The molecule has 0 aromatic heterocycles. The number of nitrogens with one attached hydrogen (secondary N) is 2. The van der Waals surface area contributed by atoms with Gasteiger partial charge in [0.25, 0.3) is 5.97 Å². The van der Waals surface area contributed by atoms with Crippen LogP contribution in [-0.2, 0) is 9.59 Å². The molecule has 1 aliphatic heterocycles. The Kier molecular flexibility index (Phi) is 7.62. The van der Waals surface area contributed by atoms with Crippen LogP contribution in [0.4, 0.5) is 0 Å². The molecule has 0 aromatic carbocycles. The van der Waals surface area contributed by atoms with Crippen molar-refractivity contribution in [2.45, 2.75) is 32.7 Å². The number of aliphatic carboxylic acids is 1. The van der Waals surface area contributed by atoms with Crippen LogP contribution in [0, 0.1) is 5.92 Å². The molecule has 88 valence electrons. The standard InChI is InChI=1S/C8H16N2O.C2H4O2/c1-7(10-6-11)8-2-4-9-5-3-8;1-2(3)4/h6-9H,2-5H2,1H3,(H,10,11);1H3,(H,3,4). The number of rotatable bonds is 3. The molecule has 0 bridgehead atoms. The average molecular weight is 216 g/mol. The van der Waals surface area contributed by atoms with E-state index in [1.807, 2.05) is 0 Å². The van der Waals surface area contributed by atoms with Crippen molar-refractivity contribution >= 4 is 12.4 Å². The molecule has 1 unspecified atom stereocenters. The van der Waals surface area contributed by atoms with Gasteiger partial charge in [0.15, 0.2) is 0 Å². The summed E-state index contributed by atoms with van der Waals surface area (Å²) in [4.78, 5) is 19.1. The summed E-state index contributed by atoms with van der Waals surface area (Å²) in [5.41, 5.74) is 0. The van der Waals surface area contributed by atoms with Crippen molar-refractivity contribution in [3.8, 4) is 0 Å². The fraction of sp³-hybridized carbons (Fsp3) is 0.800. The lowest BCUT2D eigenvalue weighted by atomic mass is 9.91. The largest absolute Gasteiger partial charge is 0.481 e.